The Morgan fingerprint density at radius 1 is 1.12 bits per heavy atom. The molecule has 1 amide bonds. The summed E-state index contributed by atoms with van der Waals surface area (Å²) in [4.78, 5) is 18.7. The number of aromatic nitrogens is 1. The number of aromatic amines is 1. The third-order valence-corrected chi connectivity index (χ3v) is 6.35. The first kappa shape index (κ1) is 22.1. The highest BCUT2D eigenvalue weighted by Crippen LogP contribution is 2.40. The molecule has 1 N–H and O–H groups in total. The summed E-state index contributed by atoms with van der Waals surface area (Å²) in [5.41, 5.74) is 5.22. The number of fused-ring (bicyclic) bond motifs is 3. The molecule has 0 radical (unpaired) electrons. The fraction of sp³-hybridized carbons (Fsp3) is 0.179. The lowest BCUT2D eigenvalue weighted by atomic mass is 9.92. The van der Waals surface area contributed by atoms with Gasteiger partial charge in [0.15, 0.2) is 0 Å². The summed E-state index contributed by atoms with van der Waals surface area (Å²) in [5, 5.41) is 1.78. The van der Waals surface area contributed by atoms with Crippen molar-refractivity contribution in [3.63, 3.8) is 0 Å². The molecule has 0 spiro atoms. The number of benzene rings is 3. The fourth-order valence-electron chi connectivity index (χ4n) is 4.47. The Kier molecular flexibility index (Phi) is 6.03. The SMILES string of the molecule is C=CCOc1ccc(C2c3[nH]c4ccc(Cl)cc4c3CCN2C(=O)Oc2ccc(C)cc2)cc1. The molecule has 3 aromatic carbocycles. The Morgan fingerprint density at radius 2 is 1.85 bits per heavy atom. The van der Waals surface area contributed by atoms with Crippen LogP contribution < -0.4 is 9.47 Å². The van der Waals surface area contributed by atoms with Crippen LogP contribution >= 0.6 is 11.6 Å². The monoisotopic (exact) mass is 472 g/mol. The smallest absolute Gasteiger partial charge is 0.416 e. The first-order valence-corrected chi connectivity index (χ1v) is 11.6. The van der Waals surface area contributed by atoms with Gasteiger partial charge in [-0.15, -0.1) is 0 Å². The van der Waals surface area contributed by atoms with Gasteiger partial charge < -0.3 is 14.5 Å². The van der Waals surface area contributed by atoms with E-state index in [-0.39, 0.29) is 12.1 Å². The van der Waals surface area contributed by atoms with E-state index in [2.05, 4.69) is 11.6 Å². The summed E-state index contributed by atoms with van der Waals surface area (Å²) in [6, 6.07) is 20.8. The molecule has 5 rings (SSSR count). The maximum Gasteiger partial charge on any atom is 0.416 e. The van der Waals surface area contributed by atoms with Gasteiger partial charge in [-0.2, -0.15) is 0 Å². The van der Waals surface area contributed by atoms with Crippen molar-refractivity contribution in [1.82, 2.24) is 9.88 Å². The molecule has 1 atom stereocenters. The molecule has 4 aromatic rings. The van der Waals surface area contributed by atoms with Crippen LogP contribution in [0.1, 0.15) is 28.4 Å². The Bertz CT molecular complexity index is 1340. The van der Waals surface area contributed by atoms with Crippen LogP contribution in [-0.2, 0) is 6.42 Å². The molecule has 0 aliphatic carbocycles. The molecule has 1 aromatic heterocycles. The average molecular weight is 473 g/mol. The summed E-state index contributed by atoms with van der Waals surface area (Å²) in [7, 11) is 0. The molecule has 34 heavy (non-hydrogen) atoms. The lowest BCUT2D eigenvalue weighted by Crippen LogP contribution is -2.42. The van der Waals surface area contributed by atoms with Gasteiger partial charge in [0.05, 0.1) is 0 Å². The zero-order chi connectivity index (χ0) is 23.7. The first-order chi connectivity index (χ1) is 16.5. The topological polar surface area (TPSA) is 54.6 Å². The quantitative estimate of drug-likeness (QED) is 0.323. The Morgan fingerprint density at radius 3 is 2.59 bits per heavy atom. The second-order valence-electron chi connectivity index (χ2n) is 8.40. The minimum atomic E-state index is -0.386. The number of amides is 1. The summed E-state index contributed by atoms with van der Waals surface area (Å²) >= 11 is 6.29. The van der Waals surface area contributed by atoms with Crippen LogP contribution in [0.4, 0.5) is 4.79 Å². The highest BCUT2D eigenvalue weighted by Gasteiger charge is 2.35. The number of nitrogens with one attached hydrogen (secondary N) is 1. The number of carbonyl (C=O) groups is 1. The highest BCUT2D eigenvalue weighted by atomic mass is 35.5. The molecular weight excluding hydrogens is 448 g/mol. The zero-order valence-corrected chi connectivity index (χ0v) is 19.6. The number of H-pyrrole nitrogens is 1. The van der Waals surface area contributed by atoms with Gasteiger partial charge in [0.2, 0.25) is 0 Å². The van der Waals surface area contributed by atoms with E-state index in [0.717, 1.165) is 33.5 Å². The van der Waals surface area contributed by atoms with E-state index in [0.29, 0.717) is 30.3 Å². The Hall–Kier alpha value is -3.70. The van der Waals surface area contributed by atoms with Crippen molar-refractivity contribution in [2.75, 3.05) is 13.2 Å². The van der Waals surface area contributed by atoms with Crippen molar-refractivity contribution in [1.29, 1.82) is 0 Å². The van der Waals surface area contributed by atoms with Crippen LogP contribution in [0.2, 0.25) is 5.02 Å². The van der Waals surface area contributed by atoms with Crippen LogP contribution in [0.25, 0.3) is 10.9 Å². The highest BCUT2D eigenvalue weighted by molar-refractivity contribution is 6.31. The maximum absolute atomic E-state index is 13.4. The second-order valence-corrected chi connectivity index (χ2v) is 8.84. The molecule has 0 bridgehead atoms. The van der Waals surface area contributed by atoms with E-state index >= 15 is 0 Å². The van der Waals surface area contributed by atoms with Gasteiger partial charge in [-0.3, -0.25) is 4.90 Å². The second kappa shape index (κ2) is 9.27. The van der Waals surface area contributed by atoms with Crippen molar-refractivity contribution < 1.29 is 14.3 Å². The maximum atomic E-state index is 13.4. The molecule has 0 saturated heterocycles. The number of ether oxygens (including phenoxy) is 2. The number of aryl methyl sites for hydroxylation is 1. The zero-order valence-electron chi connectivity index (χ0n) is 18.9. The average Bonchev–Trinajstić information content (AvgIpc) is 3.21. The van der Waals surface area contributed by atoms with Gasteiger partial charge >= 0.3 is 6.09 Å². The molecule has 172 valence electrons. The van der Waals surface area contributed by atoms with E-state index in [4.69, 9.17) is 21.1 Å². The van der Waals surface area contributed by atoms with Gasteiger partial charge in [-0.1, -0.05) is 54.1 Å². The fourth-order valence-corrected chi connectivity index (χ4v) is 4.64. The van der Waals surface area contributed by atoms with Gasteiger partial charge in [0.1, 0.15) is 24.1 Å². The number of rotatable bonds is 5. The van der Waals surface area contributed by atoms with Gasteiger partial charge in [0.25, 0.3) is 0 Å². The van der Waals surface area contributed by atoms with Crippen LogP contribution in [0.15, 0.2) is 79.4 Å². The number of nitrogens with zero attached hydrogens (tertiary/aromatic N) is 1. The number of hydrogen-bond donors (Lipinski definition) is 1. The normalized spacial score (nSPS) is 15.1. The molecule has 1 unspecified atom stereocenters. The molecule has 1 aliphatic heterocycles. The van der Waals surface area contributed by atoms with Gasteiger partial charge in [-0.25, -0.2) is 4.79 Å². The van der Waals surface area contributed by atoms with Crippen LogP contribution in [0.3, 0.4) is 0 Å². The molecule has 2 heterocycles. The van der Waals surface area contributed by atoms with E-state index in [1.807, 2.05) is 73.7 Å². The van der Waals surface area contributed by atoms with E-state index in [9.17, 15) is 4.79 Å². The molecule has 0 fully saturated rings. The lowest BCUT2D eigenvalue weighted by Gasteiger charge is -2.35. The van der Waals surface area contributed by atoms with E-state index in [1.54, 1.807) is 11.0 Å². The van der Waals surface area contributed by atoms with Crippen molar-refractivity contribution in [2.45, 2.75) is 19.4 Å². The third-order valence-electron chi connectivity index (χ3n) is 6.11. The summed E-state index contributed by atoms with van der Waals surface area (Å²) in [5.74, 6) is 1.27. The first-order valence-electron chi connectivity index (χ1n) is 11.2. The molecule has 1 aliphatic rings. The summed E-state index contributed by atoms with van der Waals surface area (Å²) in [6.07, 6.45) is 2.03. The molecule has 5 nitrogen and oxygen atoms in total. The summed E-state index contributed by atoms with van der Waals surface area (Å²) in [6.45, 7) is 6.65. The Balaban J connectivity index is 1.54. The molecule has 0 saturated carbocycles. The lowest BCUT2D eigenvalue weighted by molar-refractivity contribution is 0.135. The van der Waals surface area contributed by atoms with Crippen molar-refractivity contribution in [2.24, 2.45) is 0 Å². The van der Waals surface area contributed by atoms with Gasteiger partial charge in [-0.05, 0) is 66.9 Å². The predicted octanol–water partition coefficient (Wildman–Crippen LogP) is 6.84. The predicted molar refractivity (Wildman–Crippen MR) is 135 cm³/mol. The van der Waals surface area contributed by atoms with Crippen molar-refractivity contribution >= 4 is 28.6 Å². The largest absolute Gasteiger partial charge is 0.490 e. The third kappa shape index (κ3) is 4.27. The van der Waals surface area contributed by atoms with Crippen molar-refractivity contribution in [3.05, 3.63) is 107 Å². The van der Waals surface area contributed by atoms with Crippen LogP contribution in [-0.4, -0.2) is 29.1 Å². The van der Waals surface area contributed by atoms with Crippen LogP contribution in [0, 0.1) is 6.92 Å². The van der Waals surface area contributed by atoms with Crippen molar-refractivity contribution in [3.8, 4) is 11.5 Å². The minimum Gasteiger partial charge on any atom is -0.490 e. The standard InChI is InChI=1S/C28H25ClN2O3/c1-3-16-33-21-11-6-19(7-12-21)27-26-23(24-17-20(29)8-13-25(24)30-26)14-15-31(27)28(32)34-22-9-4-18(2)5-10-22/h3-13,17,27,30H,1,14-16H2,2H3. The van der Waals surface area contributed by atoms with E-state index in [1.165, 1.54) is 5.56 Å². The molecule has 6 heteroatoms. The molecular formula is C28H25ClN2O3. The number of carbonyl (C=O) groups excluding carboxylic acids is 1. The summed E-state index contributed by atoms with van der Waals surface area (Å²) < 4.78 is 11.4. The number of halogens is 1. The minimum absolute atomic E-state index is 0.332. The Labute approximate surface area is 203 Å². The number of hydrogen-bond acceptors (Lipinski definition) is 3. The van der Waals surface area contributed by atoms with E-state index < -0.39 is 0 Å². The van der Waals surface area contributed by atoms with Gasteiger partial charge in [0, 0.05) is 28.2 Å². The van der Waals surface area contributed by atoms with Crippen LogP contribution in [0.5, 0.6) is 11.5 Å².